The van der Waals surface area contributed by atoms with Gasteiger partial charge in [0.25, 0.3) is 0 Å². The van der Waals surface area contributed by atoms with Crippen molar-refractivity contribution < 1.29 is 13.2 Å². The molecular weight excluding hydrogens is 527 g/mol. The van der Waals surface area contributed by atoms with E-state index in [1.54, 1.807) is 46.1 Å². The monoisotopic (exact) mass is 559 g/mol. The number of carbonyl (C=O) groups is 1. The van der Waals surface area contributed by atoms with E-state index in [0.717, 1.165) is 16.3 Å². The van der Waals surface area contributed by atoms with E-state index >= 15 is 0 Å². The Morgan fingerprint density at radius 3 is 2.32 bits per heavy atom. The van der Waals surface area contributed by atoms with E-state index in [0.29, 0.717) is 21.2 Å². The first-order valence-electron chi connectivity index (χ1n) is 11.7. The predicted octanol–water partition coefficient (Wildman–Crippen LogP) is 5.23. The number of nitrogens with one attached hydrogen (secondary N) is 3. The van der Waals surface area contributed by atoms with Crippen molar-refractivity contribution in [2.45, 2.75) is 58.0 Å². The predicted molar refractivity (Wildman–Crippen MR) is 157 cm³/mol. The lowest BCUT2D eigenvalue weighted by Crippen LogP contribution is -2.40. The number of nitrogens with zero attached hydrogens (tertiary/aromatic N) is 2. The molecule has 1 aromatic heterocycles. The molecule has 0 unspecified atom stereocenters. The molecule has 0 bridgehead atoms. The molecular formula is C26H33N5O3S3. The van der Waals surface area contributed by atoms with Gasteiger partial charge in [-0.15, -0.1) is 11.3 Å². The fourth-order valence-corrected chi connectivity index (χ4v) is 6.48. The van der Waals surface area contributed by atoms with Crippen LogP contribution in [0.2, 0.25) is 0 Å². The highest BCUT2D eigenvalue weighted by Crippen LogP contribution is 2.37. The van der Waals surface area contributed by atoms with Crippen molar-refractivity contribution in [3.63, 3.8) is 0 Å². The summed E-state index contributed by atoms with van der Waals surface area (Å²) in [5.41, 5.74) is 2.08. The molecule has 8 nitrogen and oxygen atoms in total. The Morgan fingerprint density at radius 2 is 1.76 bits per heavy atom. The second-order valence-electron chi connectivity index (χ2n) is 9.97. The number of hydrogen-bond donors (Lipinski definition) is 3. The Bertz CT molecular complexity index is 1390. The minimum Gasteiger partial charge on any atom is -0.360 e. The van der Waals surface area contributed by atoms with Gasteiger partial charge in [-0.25, -0.2) is 18.1 Å². The van der Waals surface area contributed by atoms with Gasteiger partial charge in [0.15, 0.2) is 5.11 Å². The molecule has 1 amide bonds. The summed E-state index contributed by atoms with van der Waals surface area (Å²) in [5.74, 6) is -0.196. The van der Waals surface area contributed by atoms with E-state index in [1.165, 1.54) is 29.2 Å². The Balaban J connectivity index is 1.97. The second kappa shape index (κ2) is 11.3. The van der Waals surface area contributed by atoms with Gasteiger partial charge in [-0.3, -0.25) is 4.79 Å². The molecule has 0 fully saturated rings. The van der Waals surface area contributed by atoms with Crippen molar-refractivity contribution in [3.8, 4) is 21.0 Å². The van der Waals surface area contributed by atoms with Crippen molar-refractivity contribution in [2.24, 2.45) is 0 Å². The van der Waals surface area contributed by atoms with Gasteiger partial charge < -0.3 is 15.5 Å². The van der Waals surface area contributed by atoms with Crippen molar-refractivity contribution in [1.82, 2.24) is 15.0 Å². The van der Waals surface area contributed by atoms with Gasteiger partial charge in [0.1, 0.15) is 5.01 Å². The highest BCUT2D eigenvalue weighted by molar-refractivity contribution is 7.89. The normalized spacial score (nSPS) is 11.9. The summed E-state index contributed by atoms with van der Waals surface area (Å²) < 4.78 is 29.5. The third-order valence-electron chi connectivity index (χ3n) is 5.14. The quantitative estimate of drug-likeness (QED) is 0.341. The van der Waals surface area contributed by atoms with Crippen LogP contribution < -0.4 is 20.3 Å². The van der Waals surface area contributed by atoms with Crippen molar-refractivity contribution in [3.05, 3.63) is 48.7 Å². The van der Waals surface area contributed by atoms with E-state index in [4.69, 9.17) is 12.2 Å². The number of rotatable bonds is 7. The Kier molecular flexibility index (Phi) is 8.74. The summed E-state index contributed by atoms with van der Waals surface area (Å²) >= 11 is 6.70. The van der Waals surface area contributed by atoms with Crippen molar-refractivity contribution in [1.29, 1.82) is 0 Å². The lowest BCUT2D eigenvalue weighted by molar-refractivity contribution is -0.116. The van der Waals surface area contributed by atoms with Crippen LogP contribution in [0.5, 0.6) is 0 Å². The highest BCUT2D eigenvalue weighted by Gasteiger charge is 2.27. The third-order valence-corrected chi connectivity index (χ3v) is 8.23. The summed E-state index contributed by atoms with van der Waals surface area (Å²) in [6.07, 6.45) is 1.67. The van der Waals surface area contributed by atoms with Crippen LogP contribution in [-0.4, -0.2) is 43.0 Å². The fourth-order valence-electron chi connectivity index (χ4n) is 3.44. The van der Waals surface area contributed by atoms with Crippen LogP contribution >= 0.6 is 23.6 Å². The summed E-state index contributed by atoms with van der Waals surface area (Å²) in [6.45, 7) is 10.8. The molecule has 3 aromatic rings. The Hall–Kier alpha value is -2.86. The van der Waals surface area contributed by atoms with Crippen molar-refractivity contribution in [2.75, 3.05) is 17.3 Å². The first-order valence-corrected chi connectivity index (χ1v) is 14.4. The SMILES string of the molecule is CC(=O)N(C)c1ccc(-c2cnc(-c3ccc(NC(=S)NC(C)C)cc3)s2)c(S(=O)(=O)NC(C)(C)C)c1. The van der Waals surface area contributed by atoms with Gasteiger partial charge in [-0.2, -0.15) is 0 Å². The zero-order chi connectivity index (χ0) is 27.5. The number of thiocarbonyl (C=S) groups is 1. The maximum Gasteiger partial charge on any atom is 0.241 e. The number of benzene rings is 2. The zero-order valence-electron chi connectivity index (χ0n) is 22.0. The average Bonchev–Trinajstić information content (AvgIpc) is 3.26. The summed E-state index contributed by atoms with van der Waals surface area (Å²) in [4.78, 5) is 18.7. The molecule has 198 valence electrons. The summed E-state index contributed by atoms with van der Waals surface area (Å²) in [5, 5.41) is 7.59. The molecule has 3 N–H and O–H groups in total. The molecule has 37 heavy (non-hydrogen) atoms. The number of aromatic nitrogens is 1. The molecule has 0 saturated heterocycles. The van der Waals surface area contributed by atoms with Gasteiger partial charge in [0.2, 0.25) is 15.9 Å². The first-order chi connectivity index (χ1) is 17.2. The molecule has 3 rings (SSSR count). The number of sulfonamides is 1. The molecule has 0 atom stereocenters. The van der Waals surface area contributed by atoms with E-state index < -0.39 is 15.6 Å². The molecule has 0 aliphatic heterocycles. The standard InChI is InChI=1S/C26H33N5O3S3/c1-16(2)28-25(35)29-19-10-8-18(9-11-19)24-27-15-22(36-24)21-13-12-20(31(7)17(3)32)14-23(21)37(33,34)30-26(4,5)6/h8-16,30H,1-7H3,(H2,28,29,35). The maximum atomic E-state index is 13.4. The molecule has 0 spiro atoms. The maximum absolute atomic E-state index is 13.4. The molecule has 0 aliphatic rings. The van der Waals surface area contributed by atoms with Crippen LogP contribution in [0.15, 0.2) is 53.6 Å². The number of hydrogen-bond acceptors (Lipinski definition) is 6. The van der Waals surface area contributed by atoms with Gasteiger partial charge in [0, 0.05) is 54.3 Å². The lowest BCUT2D eigenvalue weighted by Gasteiger charge is -2.23. The van der Waals surface area contributed by atoms with Gasteiger partial charge in [-0.05, 0) is 83.2 Å². The Morgan fingerprint density at radius 1 is 1.11 bits per heavy atom. The largest absolute Gasteiger partial charge is 0.360 e. The third kappa shape index (κ3) is 7.57. The smallest absolute Gasteiger partial charge is 0.241 e. The topological polar surface area (TPSA) is 103 Å². The average molecular weight is 560 g/mol. The number of amides is 1. The second-order valence-corrected chi connectivity index (χ2v) is 13.1. The van der Waals surface area contributed by atoms with E-state index in [-0.39, 0.29) is 16.8 Å². The zero-order valence-corrected chi connectivity index (χ0v) is 24.5. The van der Waals surface area contributed by atoms with Crippen LogP contribution in [0.4, 0.5) is 11.4 Å². The van der Waals surface area contributed by atoms with Gasteiger partial charge in [0.05, 0.1) is 9.77 Å². The molecule has 2 aromatic carbocycles. The minimum atomic E-state index is -3.90. The number of carbonyl (C=O) groups excluding carboxylic acids is 1. The minimum absolute atomic E-state index is 0.0916. The molecule has 0 saturated carbocycles. The highest BCUT2D eigenvalue weighted by atomic mass is 32.2. The van der Waals surface area contributed by atoms with Crippen LogP contribution in [0.1, 0.15) is 41.5 Å². The molecule has 0 radical (unpaired) electrons. The number of anilines is 2. The Labute approximate surface area is 228 Å². The van der Waals surface area contributed by atoms with Gasteiger partial charge in [-0.1, -0.05) is 6.07 Å². The molecule has 11 heteroatoms. The van der Waals surface area contributed by atoms with Crippen LogP contribution in [0.3, 0.4) is 0 Å². The summed E-state index contributed by atoms with van der Waals surface area (Å²) in [6, 6.07) is 12.9. The van der Waals surface area contributed by atoms with Crippen LogP contribution in [0, 0.1) is 0 Å². The van der Waals surface area contributed by atoms with Crippen LogP contribution in [-0.2, 0) is 14.8 Å². The van der Waals surface area contributed by atoms with E-state index in [9.17, 15) is 13.2 Å². The van der Waals surface area contributed by atoms with E-state index in [2.05, 4.69) is 20.3 Å². The fraction of sp³-hybridized carbons (Fsp3) is 0.346. The lowest BCUT2D eigenvalue weighted by atomic mass is 10.1. The number of thiazole rings is 1. The van der Waals surface area contributed by atoms with Gasteiger partial charge >= 0.3 is 0 Å². The van der Waals surface area contributed by atoms with E-state index in [1.807, 2.05) is 38.1 Å². The molecule has 0 aliphatic carbocycles. The first kappa shape index (κ1) is 28.7. The summed E-state index contributed by atoms with van der Waals surface area (Å²) in [7, 11) is -2.28. The van der Waals surface area contributed by atoms with Crippen LogP contribution in [0.25, 0.3) is 21.0 Å². The van der Waals surface area contributed by atoms with Crippen molar-refractivity contribution >= 4 is 56.0 Å². The molecule has 1 heterocycles.